The van der Waals surface area contributed by atoms with Crippen LogP contribution in [0.3, 0.4) is 0 Å². The largest absolute Gasteiger partial charge is 0.456 e. The highest BCUT2D eigenvalue weighted by Gasteiger charge is 2.18. The van der Waals surface area contributed by atoms with Crippen LogP contribution in [0, 0.1) is 0 Å². The van der Waals surface area contributed by atoms with Crippen molar-refractivity contribution in [3.05, 3.63) is 146 Å². The molecule has 4 heteroatoms. The molecule has 0 saturated carbocycles. The molecule has 0 aliphatic carbocycles. The van der Waals surface area contributed by atoms with Crippen LogP contribution in [-0.2, 0) is 0 Å². The van der Waals surface area contributed by atoms with E-state index in [1.165, 1.54) is 11.1 Å². The molecule has 202 valence electrons. The number of furan rings is 2. The Morgan fingerprint density at radius 1 is 0.442 bits per heavy atom. The van der Waals surface area contributed by atoms with Crippen molar-refractivity contribution in [2.24, 2.45) is 0 Å². The molecule has 0 spiro atoms. The first kappa shape index (κ1) is 23.8. The van der Waals surface area contributed by atoms with E-state index in [-0.39, 0.29) is 0 Å². The summed E-state index contributed by atoms with van der Waals surface area (Å²) in [5.74, 6) is 0. The van der Waals surface area contributed by atoms with Crippen LogP contribution in [0.25, 0.3) is 65.8 Å². The monoisotopic (exact) mass is 552 g/mol. The Hall–Kier alpha value is -5.87. The standard InChI is InChI=1S/C39H24N2O2/c1-2-6-25(7-3-1)26-10-14-28(15-11-26)41(30-17-19-37-34(23-30)31-8-4-5-9-36(31)42-37)29-16-12-27-13-18-32-35-24-40-21-20-38(35)43-39(32)33(27)22-29/h1-24H. The molecule has 0 aliphatic heterocycles. The van der Waals surface area contributed by atoms with Crippen LogP contribution in [0.15, 0.2) is 155 Å². The molecule has 0 bridgehead atoms. The number of pyridine rings is 1. The van der Waals surface area contributed by atoms with E-state index in [4.69, 9.17) is 8.83 Å². The van der Waals surface area contributed by atoms with Crippen molar-refractivity contribution in [2.45, 2.75) is 0 Å². The van der Waals surface area contributed by atoms with Crippen LogP contribution < -0.4 is 4.90 Å². The summed E-state index contributed by atoms with van der Waals surface area (Å²) >= 11 is 0. The van der Waals surface area contributed by atoms with E-state index in [0.717, 1.165) is 71.7 Å². The Balaban J connectivity index is 1.27. The lowest BCUT2D eigenvalue weighted by atomic mass is 10.0. The normalized spacial score (nSPS) is 11.7. The summed E-state index contributed by atoms with van der Waals surface area (Å²) in [6, 6.07) is 46.7. The lowest BCUT2D eigenvalue weighted by molar-refractivity contribution is 0.669. The summed E-state index contributed by atoms with van der Waals surface area (Å²) in [6.07, 6.45) is 3.65. The Morgan fingerprint density at radius 2 is 1.12 bits per heavy atom. The van der Waals surface area contributed by atoms with E-state index >= 15 is 0 Å². The number of anilines is 3. The van der Waals surface area contributed by atoms with E-state index in [1.54, 1.807) is 6.20 Å². The minimum atomic E-state index is 0.841. The summed E-state index contributed by atoms with van der Waals surface area (Å²) in [4.78, 5) is 6.64. The minimum Gasteiger partial charge on any atom is -0.456 e. The first-order chi connectivity index (χ1) is 21.3. The molecule has 3 aromatic heterocycles. The van der Waals surface area contributed by atoms with Gasteiger partial charge in [-0.25, -0.2) is 0 Å². The van der Waals surface area contributed by atoms with E-state index in [2.05, 4.69) is 119 Å². The fourth-order valence-corrected chi connectivity index (χ4v) is 6.26. The van der Waals surface area contributed by atoms with Crippen molar-refractivity contribution in [1.29, 1.82) is 0 Å². The second kappa shape index (κ2) is 9.33. The first-order valence-corrected chi connectivity index (χ1v) is 14.4. The topological polar surface area (TPSA) is 42.4 Å². The fraction of sp³-hybridized carbons (Fsp3) is 0. The van der Waals surface area contributed by atoms with Crippen molar-refractivity contribution in [3.8, 4) is 11.1 Å². The first-order valence-electron chi connectivity index (χ1n) is 14.4. The van der Waals surface area contributed by atoms with Crippen LogP contribution in [0.1, 0.15) is 0 Å². The predicted octanol–water partition coefficient (Wildman–Crippen LogP) is 11.2. The zero-order valence-corrected chi connectivity index (χ0v) is 23.1. The van der Waals surface area contributed by atoms with E-state index in [1.807, 2.05) is 30.5 Å². The maximum absolute atomic E-state index is 6.40. The molecule has 43 heavy (non-hydrogen) atoms. The molecule has 0 fully saturated rings. The maximum Gasteiger partial charge on any atom is 0.143 e. The number of nitrogens with zero attached hydrogens (tertiary/aromatic N) is 2. The quantitative estimate of drug-likeness (QED) is 0.218. The van der Waals surface area contributed by atoms with Gasteiger partial charge in [0.25, 0.3) is 0 Å². The van der Waals surface area contributed by atoms with Gasteiger partial charge in [0, 0.05) is 56.4 Å². The molecule has 9 rings (SSSR count). The Bertz CT molecular complexity index is 2450. The minimum absolute atomic E-state index is 0.841. The van der Waals surface area contributed by atoms with E-state index < -0.39 is 0 Å². The SMILES string of the molecule is c1ccc(-c2ccc(N(c3ccc4oc5ccccc5c4c3)c3ccc4ccc5c6cnccc6oc5c4c3)cc2)cc1. The van der Waals surface area contributed by atoms with Crippen molar-refractivity contribution >= 4 is 71.7 Å². The fourth-order valence-electron chi connectivity index (χ4n) is 6.26. The van der Waals surface area contributed by atoms with Gasteiger partial charge >= 0.3 is 0 Å². The summed E-state index contributed by atoms with van der Waals surface area (Å²) in [6.45, 7) is 0. The van der Waals surface area contributed by atoms with Gasteiger partial charge in [0.1, 0.15) is 22.3 Å². The van der Waals surface area contributed by atoms with Crippen molar-refractivity contribution in [3.63, 3.8) is 0 Å². The molecular weight excluding hydrogens is 528 g/mol. The third kappa shape index (κ3) is 3.81. The van der Waals surface area contributed by atoms with Crippen LogP contribution in [-0.4, -0.2) is 4.98 Å². The molecular formula is C39H24N2O2. The van der Waals surface area contributed by atoms with Crippen molar-refractivity contribution < 1.29 is 8.83 Å². The molecule has 6 aromatic carbocycles. The number of rotatable bonds is 4. The molecule has 4 nitrogen and oxygen atoms in total. The van der Waals surface area contributed by atoms with Gasteiger partial charge in [-0.05, 0) is 77.2 Å². The zero-order valence-electron chi connectivity index (χ0n) is 23.1. The smallest absolute Gasteiger partial charge is 0.143 e. The molecule has 3 heterocycles. The van der Waals surface area contributed by atoms with Crippen LogP contribution in [0.2, 0.25) is 0 Å². The third-order valence-electron chi connectivity index (χ3n) is 8.35. The number of hydrogen-bond donors (Lipinski definition) is 0. The average Bonchev–Trinajstić information content (AvgIpc) is 3.64. The van der Waals surface area contributed by atoms with Gasteiger partial charge in [-0.3, -0.25) is 4.98 Å². The Morgan fingerprint density at radius 3 is 2.00 bits per heavy atom. The Labute approximate surface area is 247 Å². The summed E-state index contributed by atoms with van der Waals surface area (Å²) in [7, 11) is 0. The van der Waals surface area contributed by atoms with Gasteiger partial charge in [-0.15, -0.1) is 0 Å². The molecule has 0 radical (unpaired) electrons. The number of benzene rings is 6. The van der Waals surface area contributed by atoms with Crippen LogP contribution >= 0.6 is 0 Å². The Kier molecular flexibility index (Phi) is 5.16. The van der Waals surface area contributed by atoms with E-state index in [0.29, 0.717) is 0 Å². The molecule has 0 unspecified atom stereocenters. The molecule has 0 atom stereocenters. The number of fused-ring (bicyclic) bond motifs is 8. The van der Waals surface area contributed by atoms with Crippen molar-refractivity contribution in [1.82, 2.24) is 4.98 Å². The highest BCUT2D eigenvalue weighted by molar-refractivity contribution is 6.15. The third-order valence-corrected chi connectivity index (χ3v) is 8.35. The van der Waals surface area contributed by atoms with Gasteiger partial charge in [0.2, 0.25) is 0 Å². The summed E-state index contributed by atoms with van der Waals surface area (Å²) < 4.78 is 12.6. The lowest BCUT2D eigenvalue weighted by Gasteiger charge is -2.26. The highest BCUT2D eigenvalue weighted by atomic mass is 16.3. The number of hydrogen-bond acceptors (Lipinski definition) is 4. The van der Waals surface area contributed by atoms with Gasteiger partial charge in [-0.2, -0.15) is 0 Å². The van der Waals surface area contributed by atoms with Crippen LogP contribution in [0.5, 0.6) is 0 Å². The molecule has 0 amide bonds. The molecule has 9 aromatic rings. The second-order valence-electron chi connectivity index (χ2n) is 10.8. The molecule has 0 N–H and O–H groups in total. The zero-order chi connectivity index (χ0) is 28.3. The highest BCUT2D eigenvalue weighted by Crippen LogP contribution is 2.42. The molecule has 0 aliphatic rings. The van der Waals surface area contributed by atoms with E-state index in [9.17, 15) is 0 Å². The van der Waals surface area contributed by atoms with Gasteiger partial charge < -0.3 is 13.7 Å². The van der Waals surface area contributed by atoms with Crippen LogP contribution in [0.4, 0.5) is 17.1 Å². The van der Waals surface area contributed by atoms with Gasteiger partial charge in [0.05, 0.1) is 0 Å². The average molecular weight is 553 g/mol. The molecule has 0 saturated heterocycles. The number of para-hydroxylation sites is 1. The summed E-state index contributed by atoms with van der Waals surface area (Å²) in [5.41, 5.74) is 9.00. The number of aromatic nitrogens is 1. The van der Waals surface area contributed by atoms with Crippen molar-refractivity contribution in [2.75, 3.05) is 4.90 Å². The predicted molar refractivity (Wildman–Crippen MR) is 176 cm³/mol. The van der Waals surface area contributed by atoms with Gasteiger partial charge in [0.15, 0.2) is 0 Å². The van der Waals surface area contributed by atoms with Gasteiger partial charge in [-0.1, -0.05) is 72.8 Å². The maximum atomic E-state index is 6.40. The lowest BCUT2D eigenvalue weighted by Crippen LogP contribution is -2.09. The summed E-state index contributed by atoms with van der Waals surface area (Å²) in [5, 5.41) is 6.47. The second-order valence-corrected chi connectivity index (χ2v) is 10.8.